The lowest BCUT2D eigenvalue weighted by Gasteiger charge is -2.11. The predicted molar refractivity (Wildman–Crippen MR) is 123 cm³/mol. The second-order valence-electron chi connectivity index (χ2n) is 7.48. The van der Waals surface area contributed by atoms with E-state index in [9.17, 15) is 14.4 Å². The van der Waals surface area contributed by atoms with Crippen LogP contribution >= 0.6 is 0 Å². The van der Waals surface area contributed by atoms with Crippen molar-refractivity contribution in [3.8, 4) is 0 Å². The number of amides is 2. The van der Waals surface area contributed by atoms with Crippen molar-refractivity contribution in [1.29, 1.82) is 0 Å². The summed E-state index contributed by atoms with van der Waals surface area (Å²) in [7, 11) is 0. The lowest BCUT2D eigenvalue weighted by Crippen LogP contribution is -2.28. The molecule has 7 heteroatoms. The third-order valence-electron chi connectivity index (χ3n) is 5.04. The molecule has 1 aromatic heterocycles. The van der Waals surface area contributed by atoms with E-state index in [1.54, 1.807) is 42.5 Å². The standard InChI is InChI=1S/C25H22N4O3/c1-17-9-11-19(12-10-17)25(32)28-20-6-4-5-18(13-20)14-26-24(31)16-29-22-8-3-2-7-21(22)23(30)15-27-29/h2-13,15H,14,16H2,1H3,(H,26,31)(H,28,32). The summed E-state index contributed by atoms with van der Waals surface area (Å²) in [5.41, 5.74) is 3.59. The average Bonchev–Trinajstić information content (AvgIpc) is 2.80. The van der Waals surface area contributed by atoms with E-state index in [0.29, 0.717) is 28.7 Å². The van der Waals surface area contributed by atoms with Gasteiger partial charge in [0.15, 0.2) is 0 Å². The molecule has 0 aliphatic rings. The Labute approximate surface area is 184 Å². The number of carbonyl (C=O) groups excluding carboxylic acids is 2. The second-order valence-corrected chi connectivity index (χ2v) is 7.48. The van der Waals surface area contributed by atoms with Gasteiger partial charge in [0.2, 0.25) is 11.3 Å². The highest BCUT2D eigenvalue weighted by Crippen LogP contribution is 2.13. The highest BCUT2D eigenvalue weighted by atomic mass is 16.2. The fourth-order valence-electron chi connectivity index (χ4n) is 3.35. The molecule has 160 valence electrons. The molecule has 0 fully saturated rings. The highest BCUT2D eigenvalue weighted by Gasteiger charge is 2.09. The van der Waals surface area contributed by atoms with Gasteiger partial charge in [0.25, 0.3) is 5.91 Å². The smallest absolute Gasteiger partial charge is 0.255 e. The first kappa shape index (κ1) is 21.0. The minimum Gasteiger partial charge on any atom is -0.350 e. The molecule has 0 unspecified atom stereocenters. The molecule has 32 heavy (non-hydrogen) atoms. The van der Waals surface area contributed by atoms with Crippen molar-refractivity contribution in [1.82, 2.24) is 15.1 Å². The number of nitrogens with zero attached hydrogens (tertiary/aromatic N) is 2. The van der Waals surface area contributed by atoms with Gasteiger partial charge in [0.1, 0.15) is 6.54 Å². The van der Waals surface area contributed by atoms with E-state index in [0.717, 1.165) is 11.1 Å². The Bertz CT molecular complexity index is 1340. The third-order valence-corrected chi connectivity index (χ3v) is 5.04. The Morgan fingerprint density at radius 1 is 0.969 bits per heavy atom. The van der Waals surface area contributed by atoms with E-state index in [1.807, 2.05) is 37.3 Å². The fraction of sp³-hybridized carbons (Fsp3) is 0.120. The summed E-state index contributed by atoms with van der Waals surface area (Å²) in [6.07, 6.45) is 1.22. The quantitative estimate of drug-likeness (QED) is 0.495. The topological polar surface area (TPSA) is 93.1 Å². The molecule has 2 N–H and O–H groups in total. The number of aromatic nitrogens is 2. The molecule has 0 aliphatic carbocycles. The van der Waals surface area contributed by atoms with Crippen molar-refractivity contribution in [2.45, 2.75) is 20.0 Å². The van der Waals surface area contributed by atoms with Crippen molar-refractivity contribution in [2.75, 3.05) is 5.32 Å². The lowest BCUT2D eigenvalue weighted by atomic mass is 10.1. The first-order valence-electron chi connectivity index (χ1n) is 10.2. The number of nitrogens with one attached hydrogen (secondary N) is 2. The maximum Gasteiger partial charge on any atom is 0.255 e. The van der Waals surface area contributed by atoms with E-state index in [2.05, 4.69) is 15.7 Å². The molecule has 0 spiro atoms. The van der Waals surface area contributed by atoms with Gasteiger partial charge in [-0.25, -0.2) is 0 Å². The first-order valence-corrected chi connectivity index (χ1v) is 10.2. The second kappa shape index (κ2) is 9.26. The zero-order valence-corrected chi connectivity index (χ0v) is 17.5. The summed E-state index contributed by atoms with van der Waals surface area (Å²) in [6, 6.07) is 21.7. The van der Waals surface area contributed by atoms with Crippen LogP contribution in [0.2, 0.25) is 0 Å². The molecule has 0 saturated carbocycles. The van der Waals surface area contributed by atoms with Gasteiger partial charge in [-0.15, -0.1) is 0 Å². The van der Waals surface area contributed by atoms with Gasteiger partial charge < -0.3 is 10.6 Å². The van der Waals surface area contributed by atoms with Crippen molar-refractivity contribution >= 4 is 28.4 Å². The maximum absolute atomic E-state index is 12.5. The number of fused-ring (bicyclic) bond motifs is 1. The number of rotatable bonds is 6. The van der Waals surface area contributed by atoms with Crippen LogP contribution in [0.3, 0.4) is 0 Å². The molecule has 3 aromatic carbocycles. The minimum absolute atomic E-state index is 0.00928. The van der Waals surface area contributed by atoms with Crippen LogP contribution in [0, 0.1) is 6.92 Å². The molecule has 4 aromatic rings. The minimum atomic E-state index is -0.236. The van der Waals surface area contributed by atoms with Crippen molar-refractivity contribution in [3.63, 3.8) is 0 Å². The van der Waals surface area contributed by atoms with Gasteiger partial charge in [-0.3, -0.25) is 19.1 Å². The average molecular weight is 426 g/mol. The molecule has 0 radical (unpaired) electrons. The van der Waals surface area contributed by atoms with Crippen LogP contribution in [0.25, 0.3) is 10.9 Å². The summed E-state index contributed by atoms with van der Waals surface area (Å²) >= 11 is 0. The Morgan fingerprint density at radius 3 is 2.56 bits per heavy atom. The Hall–Kier alpha value is -4.26. The lowest BCUT2D eigenvalue weighted by molar-refractivity contribution is -0.121. The van der Waals surface area contributed by atoms with E-state index < -0.39 is 0 Å². The van der Waals surface area contributed by atoms with Crippen LogP contribution in [-0.2, 0) is 17.9 Å². The Morgan fingerprint density at radius 2 is 1.75 bits per heavy atom. The molecule has 7 nitrogen and oxygen atoms in total. The number of aryl methyl sites for hydroxylation is 1. The summed E-state index contributed by atoms with van der Waals surface area (Å²) in [6.45, 7) is 2.26. The van der Waals surface area contributed by atoms with Gasteiger partial charge in [0, 0.05) is 23.2 Å². The molecule has 0 bridgehead atoms. The molecule has 0 aliphatic heterocycles. The SMILES string of the molecule is Cc1ccc(C(=O)Nc2cccc(CNC(=O)Cn3ncc(=O)c4ccccc43)c2)cc1. The number of carbonyl (C=O) groups is 2. The first-order chi connectivity index (χ1) is 15.5. The van der Waals surface area contributed by atoms with E-state index in [-0.39, 0.29) is 23.8 Å². The zero-order chi connectivity index (χ0) is 22.5. The monoisotopic (exact) mass is 426 g/mol. The number of benzene rings is 3. The molecule has 1 heterocycles. The number of hydrogen-bond donors (Lipinski definition) is 2. The predicted octanol–water partition coefficient (Wildman–Crippen LogP) is 3.27. The van der Waals surface area contributed by atoms with Crippen molar-refractivity contribution in [3.05, 3.63) is 106 Å². The molecule has 0 saturated heterocycles. The summed E-state index contributed by atoms with van der Waals surface area (Å²) < 4.78 is 1.50. The van der Waals surface area contributed by atoms with Crippen LogP contribution in [0.5, 0.6) is 0 Å². The van der Waals surface area contributed by atoms with Gasteiger partial charge in [0.05, 0.1) is 11.7 Å². The van der Waals surface area contributed by atoms with E-state index >= 15 is 0 Å². The molecule has 2 amide bonds. The fourth-order valence-corrected chi connectivity index (χ4v) is 3.35. The number of anilines is 1. The molecule has 0 atom stereocenters. The Balaban J connectivity index is 1.39. The van der Waals surface area contributed by atoms with Gasteiger partial charge in [-0.2, -0.15) is 5.10 Å². The van der Waals surface area contributed by atoms with E-state index in [4.69, 9.17) is 0 Å². The third kappa shape index (κ3) is 4.89. The van der Waals surface area contributed by atoms with Crippen molar-refractivity contribution in [2.24, 2.45) is 0 Å². The van der Waals surface area contributed by atoms with Crippen LogP contribution in [0.15, 0.2) is 83.8 Å². The number of hydrogen-bond acceptors (Lipinski definition) is 4. The normalized spacial score (nSPS) is 10.7. The van der Waals surface area contributed by atoms with Crippen LogP contribution in [0.4, 0.5) is 5.69 Å². The Kier molecular flexibility index (Phi) is 6.07. The van der Waals surface area contributed by atoms with Crippen LogP contribution in [-0.4, -0.2) is 21.6 Å². The zero-order valence-electron chi connectivity index (χ0n) is 17.5. The maximum atomic E-state index is 12.5. The summed E-state index contributed by atoms with van der Waals surface area (Å²) in [4.78, 5) is 36.8. The van der Waals surface area contributed by atoms with Crippen LogP contribution in [0.1, 0.15) is 21.5 Å². The van der Waals surface area contributed by atoms with Gasteiger partial charge in [-0.1, -0.05) is 42.0 Å². The van der Waals surface area contributed by atoms with Gasteiger partial charge in [-0.05, 0) is 48.9 Å². The largest absolute Gasteiger partial charge is 0.350 e. The molecular formula is C25H22N4O3. The summed E-state index contributed by atoms with van der Waals surface area (Å²) in [5.74, 6) is -0.428. The highest BCUT2D eigenvalue weighted by molar-refractivity contribution is 6.04. The summed E-state index contributed by atoms with van der Waals surface area (Å²) in [5, 5.41) is 10.3. The molecule has 4 rings (SSSR count). The van der Waals surface area contributed by atoms with Crippen LogP contribution < -0.4 is 16.1 Å². The van der Waals surface area contributed by atoms with E-state index in [1.165, 1.54) is 10.9 Å². The number of para-hydroxylation sites is 1. The molecular weight excluding hydrogens is 404 g/mol. The van der Waals surface area contributed by atoms with Gasteiger partial charge >= 0.3 is 0 Å². The van der Waals surface area contributed by atoms with Crippen molar-refractivity contribution < 1.29 is 9.59 Å².